The molecule has 22 heavy (non-hydrogen) atoms. The number of ether oxygens (including phenoxy) is 2. The number of carbonyl (C=O) groups is 1. The van der Waals surface area contributed by atoms with Crippen LogP contribution in [0.15, 0.2) is 18.2 Å². The molecule has 0 amide bonds. The molecule has 0 radical (unpaired) electrons. The zero-order valence-electron chi connectivity index (χ0n) is 11.2. The molecule has 2 N–H and O–H groups in total. The predicted molar refractivity (Wildman–Crippen MR) is 73.8 cm³/mol. The summed E-state index contributed by atoms with van der Waals surface area (Å²) in [4.78, 5) is 11.2. The number of nitrogens with two attached hydrogens (primary N) is 1. The van der Waals surface area contributed by atoms with Gasteiger partial charge in [-0.3, -0.25) is 0 Å². The van der Waals surface area contributed by atoms with E-state index >= 15 is 0 Å². The van der Waals surface area contributed by atoms with Crippen LogP contribution in [0.1, 0.15) is 18.5 Å². The van der Waals surface area contributed by atoms with Crippen molar-refractivity contribution >= 4 is 30.0 Å². The standard InChI is InChI=1S/C12H12ClF4NO3.ClH/c1-2-20-11(19)9(14)10(18)6-3-4-8(7(13)5-6)21-12(15,16)17;/h3-5,9-10H,2,18H2,1H3;1H/t9?,10-;/m0./s1. The summed E-state index contributed by atoms with van der Waals surface area (Å²) in [6.45, 7) is 1.47. The molecule has 4 nitrogen and oxygen atoms in total. The quantitative estimate of drug-likeness (QED) is 0.640. The van der Waals surface area contributed by atoms with Crippen LogP contribution in [0.4, 0.5) is 17.6 Å². The largest absolute Gasteiger partial charge is 0.573 e. The Balaban J connectivity index is 0.00000441. The first kappa shape index (κ1) is 20.8. The Morgan fingerprint density at radius 2 is 2.00 bits per heavy atom. The van der Waals surface area contributed by atoms with Gasteiger partial charge in [-0.15, -0.1) is 25.6 Å². The Bertz CT molecular complexity index is 514. The fourth-order valence-corrected chi connectivity index (χ4v) is 1.70. The van der Waals surface area contributed by atoms with Gasteiger partial charge in [0.15, 0.2) is 0 Å². The summed E-state index contributed by atoms with van der Waals surface area (Å²) in [5, 5.41) is -0.406. The van der Waals surface area contributed by atoms with Crippen LogP contribution in [0.2, 0.25) is 5.02 Å². The average Bonchev–Trinajstić information content (AvgIpc) is 2.38. The Labute approximate surface area is 134 Å². The second-order valence-corrected chi connectivity index (χ2v) is 4.32. The highest BCUT2D eigenvalue weighted by atomic mass is 35.5. The van der Waals surface area contributed by atoms with Crippen LogP contribution in [0, 0.1) is 0 Å². The average molecular weight is 366 g/mol. The molecule has 0 saturated carbocycles. The predicted octanol–water partition coefficient (Wildman–Crippen LogP) is 3.56. The fraction of sp³-hybridized carbons (Fsp3) is 0.417. The molecular weight excluding hydrogens is 353 g/mol. The van der Waals surface area contributed by atoms with E-state index in [0.29, 0.717) is 0 Å². The SMILES string of the molecule is CCOC(=O)C(F)[C@@H](N)c1ccc(OC(F)(F)F)c(Cl)c1.Cl. The third kappa shape index (κ3) is 5.86. The van der Waals surface area contributed by atoms with Gasteiger partial charge in [-0.25, -0.2) is 9.18 Å². The molecule has 0 heterocycles. The number of hydrogen-bond donors (Lipinski definition) is 1. The molecule has 2 atom stereocenters. The molecule has 0 aromatic heterocycles. The van der Waals surface area contributed by atoms with Crippen molar-refractivity contribution in [1.29, 1.82) is 0 Å². The summed E-state index contributed by atoms with van der Waals surface area (Å²) >= 11 is 5.61. The van der Waals surface area contributed by atoms with E-state index in [1.165, 1.54) is 6.92 Å². The van der Waals surface area contributed by atoms with Crippen LogP contribution >= 0.6 is 24.0 Å². The van der Waals surface area contributed by atoms with Crippen molar-refractivity contribution in [2.45, 2.75) is 25.5 Å². The van der Waals surface area contributed by atoms with Crippen molar-refractivity contribution in [3.05, 3.63) is 28.8 Å². The second-order valence-electron chi connectivity index (χ2n) is 3.92. The van der Waals surface area contributed by atoms with Gasteiger partial charge in [0, 0.05) is 0 Å². The van der Waals surface area contributed by atoms with Gasteiger partial charge in [-0.1, -0.05) is 17.7 Å². The third-order valence-electron chi connectivity index (χ3n) is 2.39. The smallest absolute Gasteiger partial charge is 0.464 e. The number of alkyl halides is 4. The van der Waals surface area contributed by atoms with Crippen molar-refractivity contribution < 1.29 is 31.8 Å². The van der Waals surface area contributed by atoms with E-state index in [-0.39, 0.29) is 24.6 Å². The van der Waals surface area contributed by atoms with Crippen molar-refractivity contribution in [2.75, 3.05) is 6.61 Å². The first-order chi connectivity index (χ1) is 9.65. The number of halogens is 6. The highest BCUT2D eigenvalue weighted by Gasteiger charge is 2.33. The Morgan fingerprint density at radius 3 is 2.45 bits per heavy atom. The molecule has 10 heteroatoms. The van der Waals surface area contributed by atoms with Crippen LogP contribution in [-0.2, 0) is 9.53 Å². The van der Waals surface area contributed by atoms with E-state index in [2.05, 4.69) is 9.47 Å². The van der Waals surface area contributed by atoms with E-state index in [4.69, 9.17) is 17.3 Å². The summed E-state index contributed by atoms with van der Waals surface area (Å²) < 4.78 is 58.1. The van der Waals surface area contributed by atoms with Crippen LogP contribution in [0.25, 0.3) is 0 Å². The van der Waals surface area contributed by atoms with Crippen LogP contribution in [0.3, 0.4) is 0 Å². The van der Waals surface area contributed by atoms with Gasteiger partial charge in [0.05, 0.1) is 17.7 Å². The molecule has 0 aliphatic rings. The summed E-state index contributed by atoms with van der Waals surface area (Å²) in [6, 6.07) is 1.56. The molecule has 0 saturated heterocycles. The van der Waals surface area contributed by atoms with E-state index in [9.17, 15) is 22.4 Å². The van der Waals surface area contributed by atoms with Gasteiger partial charge in [-0.05, 0) is 24.6 Å². The lowest BCUT2D eigenvalue weighted by Gasteiger charge is -2.17. The van der Waals surface area contributed by atoms with Gasteiger partial charge in [0.2, 0.25) is 6.17 Å². The molecule has 0 aliphatic carbocycles. The molecule has 0 spiro atoms. The maximum Gasteiger partial charge on any atom is 0.573 e. The minimum Gasteiger partial charge on any atom is -0.464 e. The van der Waals surface area contributed by atoms with Gasteiger partial charge < -0.3 is 15.2 Å². The molecule has 1 rings (SSSR count). The number of rotatable bonds is 5. The lowest BCUT2D eigenvalue weighted by molar-refractivity contribution is -0.274. The first-order valence-corrected chi connectivity index (χ1v) is 6.15. The Hall–Kier alpha value is -1.25. The molecule has 0 bridgehead atoms. The molecule has 0 aliphatic heterocycles. The number of hydrogen-bond acceptors (Lipinski definition) is 4. The van der Waals surface area contributed by atoms with Crippen molar-refractivity contribution in [3.8, 4) is 5.75 Å². The third-order valence-corrected chi connectivity index (χ3v) is 2.69. The normalized spacial score (nSPS) is 13.8. The molecular formula is C12H13Cl2F4NO3. The van der Waals surface area contributed by atoms with Crippen LogP contribution < -0.4 is 10.5 Å². The minimum absolute atomic E-state index is 0. The molecule has 1 aromatic carbocycles. The maximum atomic E-state index is 13.7. The zero-order chi connectivity index (χ0) is 16.2. The van der Waals surface area contributed by atoms with Gasteiger partial charge in [0.1, 0.15) is 5.75 Å². The minimum atomic E-state index is -4.90. The topological polar surface area (TPSA) is 61.5 Å². The lowest BCUT2D eigenvalue weighted by Crippen LogP contribution is -2.31. The summed E-state index contributed by atoms with van der Waals surface area (Å²) in [7, 11) is 0. The highest BCUT2D eigenvalue weighted by Crippen LogP contribution is 2.32. The van der Waals surface area contributed by atoms with Crippen molar-refractivity contribution in [1.82, 2.24) is 0 Å². The fourth-order valence-electron chi connectivity index (χ4n) is 1.47. The maximum absolute atomic E-state index is 13.7. The van der Waals surface area contributed by atoms with E-state index in [0.717, 1.165) is 18.2 Å². The van der Waals surface area contributed by atoms with Gasteiger partial charge in [0.25, 0.3) is 0 Å². The van der Waals surface area contributed by atoms with E-state index < -0.39 is 35.3 Å². The number of benzene rings is 1. The summed E-state index contributed by atoms with van der Waals surface area (Å²) in [6.07, 6.45) is -7.06. The first-order valence-electron chi connectivity index (χ1n) is 5.77. The van der Waals surface area contributed by atoms with Crippen LogP contribution in [-0.4, -0.2) is 25.1 Å². The Kier molecular flexibility index (Phi) is 7.92. The summed E-state index contributed by atoms with van der Waals surface area (Å²) in [5.41, 5.74) is 5.56. The molecule has 126 valence electrons. The zero-order valence-corrected chi connectivity index (χ0v) is 12.8. The molecule has 1 unspecified atom stereocenters. The monoisotopic (exact) mass is 365 g/mol. The van der Waals surface area contributed by atoms with Gasteiger partial charge >= 0.3 is 12.3 Å². The molecule has 0 fully saturated rings. The second kappa shape index (κ2) is 8.40. The number of esters is 1. The summed E-state index contributed by atoms with van der Waals surface area (Å²) in [5.74, 6) is -1.80. The molecule has 1 aromatic rings. The Morgan fingerprint density at radius 1 is 1.41 bits per heavy atom. The van der Waals surface area contributed by atoms with Crippen molar-refractivity contribution in [2.24, 2.45) is 5.73 Å². The highest BCUT2D eigenvalue weighted by molar-refractivity contribution is 6.32. The van der Waals surface area contributed by atoms with E-state index in [1.807, 2.05) is 0 Å². The number of carbonyl (C=O) groups excluding carboxylic acids is 1. The van der Waals surface area contributed by atoms with E-state index in [1.54, 1.807) is 0 Å². The van der Waals surface area contributed by atoms with Crippen LogP contribution in [0.5, 0.6) is 5.75 Å². The lowest BCUT2D eigenvalue weighted by atomic mass is 10.0. The van der Waals surface area contributed by atoms with Gasteiger partial charge in [-0.2, -0.15) is 0 Å². The van der Waals surface area contributed by atoms with Crippen molar-refractivity contribution in [3.63, 3.8) is 0 Å².